The summed E-state index contributed by atoms with van der Waals surface area (Å²) < 4.78 is 7.49. The Hall–Kier alpha value is -2.47. The summed E-state index contributed by atoms with van der Waals surface area (Å²) in [5.74, 6) is 0.110. The summed E-state index contributed by atoms with van der Waals surface area (Å²) in [6, 6.07) is 12.6. The first-order valence-electron chi connectivity index (χ1n) is 7.45. The van der Waals surface area contributed by atoms with Crippen molar-refractivity contribution in [3.8, 4) is 5.75 Å². The first kappa shape index (κ1) is 16.4. The molecular formula is C18H15BrN2O3. The summed E-state index contributed by atoms with van der Waals surface area (Å²) in [5, 5.41) is 0.513. The largest absolute Gasteiger partial charge is 0.426 e. The van der Waals surface area contributed by atoms with Gasteiger partial charge in [-0.05, 0) is 37.3 Å². The number of halogens is 1. The van der Waals surface area contributed by atoms with Crippen LogP contribution in [0.5, 0.6) is 5.75 Å². The lowest BCUT2D eigenvalue weighted by molar-refractivity contribution is -0.134. The van der Waals surface area contributed by atoms with E-state index < -0.39 is 0 Å². The molecule has 0 unspecified atom stereocenters. The first-order chi connectivity index (χ1) is 11.5. The monoisotopic (exact) mass is 386 g/mol. The summed E-state index contributed by atoms with van der Waals surface area (Å²) in [7, 11) is 0. The summed E-state index contributed by atoms with van der Waals surface area (Å²) in [6.07, 6.45) is 1.55. The van der Waals surface area contributed by atoms with E-state index in [1.807, 2.05) is 25.1 Å². The van der Waals surface area contributed by atoms with Gasteiger partial charge in [-0.3, -0.25) is 14.2 Å². The molecule has 0 amide bonds. The van der Waals surface area contributed by atoms with Crippen LogP contribution in [0.3, 0.4) is 0 Å². The highest BCUT2D eigenvalue weighted by Crippen LogP contribution is 2.15. The van der Waals surface area contributed by atoms with Gasteiger partial charge in [0, 0.05) is 11.0 Å². The van der Waals surface area contributed by atoms with Gasteiger partial charge in [0.2, 0.25) is 0 Å². The van der Waals surface area contributed by atoms with Crippen molar-refractivity contribution in [1.82, 2.24) is 9.55 Å². The molecule has 5 nitrogen and oxygen atoms in total. The summed E-state index contributed by atoms with van der Waals surface area (Å²) in [6.45, 7) is 2.18. The summed E-state index contributed by atoms with van der Waals surface area (Å²) >= 11 is 3.35. The molecule has 122 valence electrons. The molecule has 0 radical (unpaired) electrons. The van der Waals surface area contributed by atoms with E-state index in [0.717, 1.165) is 10.0 Å². The number of hydrogen-bond acceptors (Lipinski definition) is 4. The fourth-order valence-electron chi connectivity index (χ4n) is 2.29. The van der Waals surface area contributed by atoms with E-state index >= 15 is 0 Å². The second-order valence-corrected chi connectivity index (χ2v) is 6.36. The Bertz CT molecular complexity index is 949. The Labute approximate surface area is 147 Å². The molecular weight excluding hydrogens is 372 g/mol. The van der Waals surface area contributed by atoms with Crippen molar-refractivity contribution in [3.63, 3.8) is 0 Å². The Balaban J connectivity index is 1.71. The number of hydrogen-bond donors (Lipinski definition) is 0. The topological polar surface area (TPSA) is 61.2 Å². The van der Waals surface area contributed by atoms with Crippen LogP contribution < -0.4 is 10.3 Å². The zero-order chi connectivity index (χ0) is 17.1. The van der Waals surface area contributed by atoms with Crippen LogP contribution in [0.15, 0.2) is 58.1 Å². The molecule has 2 aromatic carbocycles. The molecule has 0 aliphatic rings. The van der Waals surface area contributed by atoms with E-state index in [2.05, 4.69) is 20.9 Å². The Morgan fingerprint density at radius 2 is 1.96 bits per heavy atom. The number of benzene rings is 2. The van der Waals surface area contributed by atoms with Crippen molar-refractivity contribution in [2.45, 2.75) is 19.9 Å². The average molecular weight is 387 g/mol. The first-order valence-corrected chi connectivity index (χ1v) is 8.24. The van der Waals surface area contributed by atoms with Crippen molar-refractivity contribution in [2.24, 2.45) is 0 Å². The number of rotatable bonds is 4. The van der Waals surface area contributed by atoms with Gasteiger partial charge >= 0.3 is 5.97 Å². The second-order valence-electron chi connectivity index (χ2n) is 5.44. The lowest BCUT2D eigenvalue weighted by Crippen LogP contribution is -2.23. The molecule has 6 heteroatoms. The van der Waals surface area contributed by atoms with Crippen LogP contribution in [-0.4, -0.2) is 15.5 Å². The van der Waals surface area contributed by atoms with E-state index in [1.165, 1.54) is 10.9 Å². The van der Waals surface area contributed by atoms with Gasteiger partial charge in [0.1, 0.15) is 5.75 Å². The van der Waals surface area contributed by atoms with Crippen LogP contribution >= 0.6 is 15.9 Å². The molecule has 0 bridgehead atoms. The Kier molecular flexibility index (Phi) is 4.76. The number of aromatic nitrogens is 2. The summed E-state index contributed by atoms with van der Waals surface area (Å²) in [4.78, 5) is 28.6. The summed E-state index contributed by atoms with van der Waals surface area (Å²) in [5.41, 5.74) is 1.54. The van der Waals surface area contributed by atoms with Crippen molar-refractivity contribution in [2.75, 3.05) is 0 Å². The number of fused-ring (bicyclic) bond motifs is 1. The van der Waals surface area contributed by atoms with Crippen LogP contribution in [0.2, 0.25) is 0 Å². The SMILES string of the molecule is Cc1ccc(OC(=O)CCn2cnc3ccc(Br)cc3c2=O)cc1. The quantitative estimate of drug-likeness (QED) is 0.508. The van der Waals surface area contributed by atoms with E-state index in [9.17, 15) is 9.59 Å². The van der Waals surface area contributed by atoms with Gasteiger partial charge in [0.05, 0.1) is 23.7 Å². The molecule has 0 fully saturated rings. The molecule has 0 spiro atoms. The lowest BCUT2D eigenvalue weighted by atomic mass is 10.2. The van der Waals surface area contributed by atoms with E-state index in [-0.39, 0.29) is 24.5 Å². The minimum Gasteiger partial charge on any atom is -0.426 e. The lowest BCUT2D eigenvalue weighted by Gasteiger charge is -2.07. The molecule has 3 aromatic rings. The molecule has 0 saturated heterocycles. The van der Waals surface area contributed by atoms with Crippen LogP contribution in [0.1, 0.15) is 12.0 Å². The van der Waals surface area contributed by atoms with Gasteiger partial charge in [-0.15, -0.1) is 0 Å². The maximum atomic E-state index is 12.4. The molecule has 0 atom stereocenters. The number of ether oxygens (including phenoxy) is 1. The Morgan fingerprint density at radius 3 is 2.71 bits per heavy atom. The molecule has 0 aliphatic carbocycles. The van der Waals surface area contributed by atoms with Crippen LogP contribution in [-0.2, 0) is 11.3 Å². The van der Waals surface area contributed by atoms with E-state index in [1.54, 1.807) is 24.3 Å². The molecule has 3 rings (SSSR count). The Morgan fingerprint density at radius 1 is 1.21 bits per heavy atom. The van der Waals surface area contributed by atoms with Crippen molar-refractivity contribution >= 4 is 32.8 Å². The average Bonchev–Trinajstić information content (AvgIpc) is 2.57. The minimum atomic E-state index is -0.389. The molecule has 1 heterocycles. The van der Waals surface area contributed by atoms with E-state index in [0.29, 0.717) is 16.7 Å². The molecule has 0 saturated carbocycles. The van der Waals surface area contributed by atoms with Gasteiger partial charge in [0.15, 0.2) is 0 Å². The highest BCUT2D eigenvalue weighted by molar-refractivity contribution is 9.10. The third kappa shape index (κ3) is 3.71. The fraction of sp³-hybridized carbons (Fsp3) is 0.167. The van der Waals surface area contributed by atoms with Crippen molar-refractivity contribution < 1.29 is 9.53 Å². The van der Waals surface area contributed by atoms with Gasteiger partial charge in [-0.1, -0.05) is 33.6 Å². The predicted molar refractivity (Wildman–Crippen MR) is 95.1 cm³/mol. The van der Waals surface area contributed by atoms with Gasteiger partial charge in [0.25, 0.3) is 5.56 Å². The normalized spacial score (nSPS) is 10.8. The number of esters is 1. The van der Waals surface area contributed by atoms with Gasteiger partial charge in [-0.2, -0.15) is 0 Å². The minimum absolute atomic E-state index is 0.0922. The maximum absolute atomic E-state index is 12.4. The van der Waals surface area contributed by atoms with Crippen LogP contribution in [0.25, 0.3) is 10.9 Å². The molecule has 24 heavy (non-hydrogen) atoms. The zero-order valence-electron chi connectivity index (χ0n) is 13.0. The smallest absolute Gasteiger partial charge is 0.312 e. The van der Waals surface area contributed by atoms with Crippen LogP contribution in [0, 0.1) is 6.92 Å². The fourth-order valence-corrected chi connectivity index (χ4v) is 2.65. The number of carbonyl (C=O) groups excluding carboxylic acids is 1. The third-order valence-electron chi connectivity index (χ3n) is 3.60. The number of carbonyl (C=O) groups is 1. The third-order valence-corrected chi connectivity index (χ3v) is 4.09. The number of aryl methyl sites for hydroxylation is 2. The highest BCUT2D eigenvalue weighted by Gasteiger charge is 2.09. The van der Waals surface area contributed by atoms with Gasteiger partial charge < -0.3 is 4.74 Å². The molecule has 1 aromatic heterocycles. The van der Waals surface area contributed by atoms with Gasteiger partial charge in [-0.25, -0.2) is 4.98 Å². The standard InChI is InChI=1S/C18H15BrN2O3/c1-12-2-5-14(6-3-12)24-17(22)8-9-21-11-20-16-7-4-13(19)10-15(16)18(21)23/h2-7,10-11H,8-9H2,1H3. The van der Waals surface area contributed by atoms with E-state index in [4.69, 9.17) is 4.74 Å². The maximum Gasteiger partial charge on any atom is 0.312 e. The molecule has 0 aliphatic heterocycles. The second kappa shape index (κ2) is 6.97. The number of nitrogens with zero attached hydrogens (tertiary/aromatic N) is 2. The zero-order valence-corrected chi connectivity index (χ0v) is 14.6. The van der Waals surface area contributed by atoms with Crippen molar-refractivity contribution in [1.29, 1.82) is 0 Å². The predicted octanol–water partition coefficient (Wildman–Crippen LogP) is 3.46. The molecule has 0 N–H and O–H groups in total. The van der Waals surface area contributed by atoms with Crippen molar-refractivity contribution in [3.05, 3.63) is 69.2 Å². The van der Waals surface area contributed by atoms with Crippen LogP contribution in [0.4, 0.5) is 0 Å². The highest BCUT2D eigenvalue weighted by atomic mass is 79.9.